The number of carbonyl (C=O) groups is 2. The van der Waals surface area contributed by atoms with Gasteiger partial charge in [-0.2, -0.15) is 0 Å². The first-order valence-corrected chi connectivity index (χ1v) is 8.94. The van der Waals surface area contributed by atoms with Gasteiger partial charge in [0.05, 0.1) is 10.6 Å². The summed E-state index contributed by atoms with van der Waals surface area (Å²) in [6, 6.07) is 4.61. The number of hydrogen-bond donors (Lipinski definition) is 3. The van der Waals surface area contributed by atoms with Crippen molar-refractivity contribution in [3.05, 3.63) is 28.8 Å². The molecule has 0 radical (unpaired) electrons. The van der Waals surface area contributed by atoms with Gasteiger partial charge >= 0.3 is 6.03 Å². The van der Waals surface area contributed by atoms with Gasteiger partial charge < -0.3 is 16.0 Å². The Morgan fingerprint density at radius 2 is 1.88 bits per heavy atom. The van der Waals surface area contributed by atoms with Gasteiger partial charge in [0, 0.05) is 18.8 Å². The summed E-state index contributed by atoms with van der Waals surface area (Å²) in [6.07, 6.45) is 4.43. The predicted molar refractivity (Wildman–Crippen MR) is 99.8 cm³/mol. The maximum Gasteiger partial charge on any atom is 0.319 e. The zero-order valence-electron chi connectivity index (χ0n) is 14.7. The second kappa shape index (κ2) is 10.9. The minimum absolute atomic E-state index is 0.208. The summed E-state index contributed by atoms with van der Waals surface area (Å²) in [5.74, 6) is 0.162. The van der Waals surface area contributed by atoms with Crippen LogP contribution in [0.4, 0.5) is 10.5 Å². The van der Waals surface area contributed by atoms with Crippen LogP contribution in [0.2, 0.25) is 5.02 Å². The molecular weight excluding hydrogens is 326 g/mol. The van der Waals surface area contributed by atoms with Crippen molar-refractivity contribution < 1.29 is 9.59 Å². The molecule has 0 fully saturated rings. The van der Waals surface area contributed by atoms with Crippen molar-refractivity contribution in [1.29, 1.82) is 0 Å². The molecule has 0 heterocycles. The SMILES string of the molecule is CCCCCCNC(=O)Nc1ccc(C(=O)NCC(C)C)c(Cl)c1. The van der Waals surface area contributed by atoms with Gasteiger partial charge in [0.1, 0.15) is 0 Å². The Hall–Kier alpha value is -1.75. The Morgan fingerprint density at radius 1 is 1.12 bits per heavy atom. The molecule has 0 aliphatic carbocycles. The van der Waals surface area contributed by atoms with E-state index in [1.165, 1.54) is 12.8 Å². The van der Waals surface area contributed by atoms with Gasteiger partial charge in [0.2, 0.25) is 0 Å². The predicted octanol–water partition coefficient (Wildman–Crippen LogP) is 4.43. The summed E-state index contributed by atoms with van der Waals surface area (Å²) in [5.41, 5.74) is 0.967. The largest absolute Gasteiger partial charge is 0.352 e. The van der Waals surface area contributed by atoms with E-state index in [2.05, 4.69) is 22.9 Å². The topological polar surface area (TPSA) is 70.2 Å². The molecule has 0 aliphatic rings. The van der Waals surface area contributed by atoms with Crippen molar-refractivity contribution in [3.63, 3.8) is 0 Å². The average Bonchev–Trinajstić information content (AvgIpc) is 2.52. The first-order chi connectivity index (χ1) is 11.4. The van der Waals surface area contributed by atoms with E-state index in [4.69, 9.17) is 11.6 Å². The highest BCUT2D eigenvalue weighted by molar-refractivity contribution is 6.34. The van der Waals surface area contributed by atoms with E-state index >= 15 is 0 Å². The van der Waals surface area contributed by atoms with E-state index in [1.807, 2.05) is 13.8 Å². The molecule has 0 spiro atoms. The first kappa shape index (κ1) is 20.3. The van der Waals surface area contributed by atoms with Crippen molar-refractivity contribution in [2.45, 2.75) is 46.5 Å². The molecule has 0 atom stereocenters. The fourth-order valence-electron chi connectivity index (χ4n) is 2.10. The van der Waals surface area contributed by atoms with Crippen LogP contribution < -0.4 is 16.0 Å². The van der Waals surface area contributed by atoms with Crippen molar-refractivity contribution in [2.24, 2.45) is 5.92 Å². The molecule has 0 aliphatic heterocycles. The standard InChI is InChI=1S/C18H28ClN3O2/c1-4-5-6-7-10-20-18(24)22-14-8-9-15(16(19)11-14)17(23)21-12-13(2)3/h8-9,11,13H,4-7,10,12H2,1-3H3,(H,21,23)(H2,20,22,24). The lowest BCUT2D eigenvalue weighted by Crippen LogP contribution is -2.29. The molecule has 1 aromatic rings. The minimum atomic E-state index is -0.264. The maximum absolute atomic E-state index is 12.0. The van der Waals surface area contributed by atoms with Gasteiger partial charge in [-0.05, 0) is 30.5 Å². The van der Waals surface area contributed by atoms with Crippen molar-refractivity contribution in [1.82, 2.24) is 10.6 Å². The van der Waals surface area contributed by atoms with E-state index in [0.717, 1.165) is 12.8 Å². The number of anilines is 1. The molecule has 0 aromatic heterocycles. The van der Waals surface area contributed by atoms with E-state index in [9.17, 15) is 9.59 Å². The van der Waals surface area contributed by atoms with Gasteiger partial charge in [-0.3, -0.25) is 4.79 Å². The Morgan fingerprint density at radius 3 is 2.50 bits per heavy atom. The van der Waals surface area contributed by atoms with Crippen molar-refractivity contribution >= 4 is 29.2 Å². The third-order valence-electron chi connectivity index (χ3n) is 3.46. The van der Waals surface area contributed by atoms with Gasteiger partial charge in [0.15, 0.2) is 0 Å². The van der Waals surface area contributed by atoms with Gasteiger partial charge in [-0.1, -0.05) is 51.6 Å². The Balaban J connectivity index is 2.49. The van der Waals surface area contributed by atoms with Crippen LogP contribution in [-0.2, 0) is 0 Å². The molecule has 134 valence electrons. The molecule has 0 unspecified atom stereocenters. The average molecular weight is 354 g/mol. The number of nitrogens with one attached hydrogen (secondary N) is 3. The molecule has 1 rings (SSSR count). The third-order valence-corrected chi connectivity index (χ3v) is 3.77. The third kappa shape index (κ3) is 7.68. The summed E-state index contributed by atoms with van der Waals surface area (Å²) in [5, 5.41) is 8.67. The summed E-state index contributed by atoms with van der Waals surface area (Å²) < 4.78 is 0. The fraction of sp³-hybridized carbons (Fsp3) is 0.556. The van der Waals surface area contributed by atoms with E-state index in [-0.39, 0.29) is 11.9 Å². The fourth-order valence-corrected chi connectivity index (χ4v) is 2.36. The maximum atomic E-state index is 12.0. The number of hydrogen-bond acceptors (Lipinski definition) is 2. The number of urea groups is 1. The Bertz CT molecular complexity index is 547. The molecule has 3 N–H and O–H groups in total. The highest BCUT2D eigenvalue weighted by Crippen LogP contribution is 2.21. The highest BCUT2D eigenvalue weighted by Gasteiger charge is 2.12. The van der Waals surface area contributed by atoms with Gasteiger partial charge in [-0.15, -0.1) is 0 Å². The number of rotatable bonds is 9. The normalized spacial score (nSPS) is 10.5. The van der Waals surface area contributed by atoms with Crippen LogP contribution in [0.15, 0.2) is 18.2 Å². The first-order valence-electron chi connectivity index (χ1n) is 8.56. The summed E-state index contributed by atoms with van der Waals surface area (Å²) in [4.78, 5) is 23.8. The van der Waals surface area contributed by atoms with Crippen molar-refractivity contribution in [3.8, 4) is 0 Å². The zero-order valence-corrected chi connectivity index (χ0v) is 15.5. The Labute approximate surface area is 149 Å². The van der Waals surface area contributed by atoms with Crippen LogP contribution >= 0.6 is 11.6 Å². The zero-order chi connectivity index (χ0) is 17.9. The van der Waals surface area contributed by atoms with Gasteiger partial charge in [-0.25, -0.2) is 4.79 Å². The van der Waals surface area contributed by atoms with E-state index in [1.54, 1.807) is 18.2 Å². The lowest BCUT2D eigenvalue weighted by molar-refractivity contribution is 0.0949. The van der Waals surface area contributed by atoms with Gasteiger partial charge in [0.25, 0.3) is 5.91 Å². The molecule has 0 saturated carbocycles. The van der Waals surface area contributed by atoms with Crippen LogP contribution in [0.1, 0.15) is 56.8 Å². The van der Waals surface area contributed by atoms with Crippen LogP contribution in [-0.4, -0.2) is 25.0 Å². The smallest absolute Gasteiger partial charge is 0.319 e. The number of carbonyl (C=O) groups excluding carboxylic acids is 2. The molecular formula is C18H28ClN3O2. The second-order valence-corrected chi connectivity index (χ2v) is 6.65. The van der Waals surface area contributed by atoms with E-state index in [0.29, 0.717) is 35.3 Å². The lowest BCUT2D eigenvalue weighted by atomic mass is 10.1. The molecule has 24 heavy (non-hydrogen) atoms. The highest BCUT2D eigenvalue weighted by atomic mass is 35.5. The van der Waals surface area contributed by atoms with Crippen LogP contribution in [0.25, 0.3) is 0 Å². The molecule has 3 amide bonds. The minimum Gasteiger partial charge on any atom is -0.352 e. The van der Waals surface area contributed by atoms with Crippen molar-refractivity contribution in [2.75, 3.05) is 18.4 Å². The molecule has 0 saturated heterocycles. The number of amides is 3. The molecule has 0 bridgehead atoms. The summed E-state index contributed by atoms with van der Waals surface area (Å²) in [7, 11) is 0. The number of unbranched alkanes of at least 4 members (excludes halogenated alkanes) is 3. The summed E-state index contributed by atoms with van der Waals surface area (Å²) >= 11 is 6.15. The molecule has 5 nitrogen and oxygen atoms in total. The number of benzene rings is 1. The second-order valence-electron chi connectivity index (χ2n) is 6.24. The molecule has 1 aromatic carbocycles. The summed E-state index contributed by atoms with van der Waals surface area (Å²) in [6.45, 7) is 7.44. The monoisotopic (exact) mass is 353 g/mol. The van der Waals surface area contributed by atoms with Crippen LogP contribution in [0.5, 0.6) is 0 Å². The van der Waals surface area contributed by atoms with E-state index < -0.39 is 0 Å². The Kier molecular flexibility index (Phi) is 9.23. The van der Waals surface area contributed by atoms with Crippen LogP contribution in [0.3, 0.4) is 0 Å². The number of halogens is 1. The quantitative estimate of drug-likeness (QED) is 0.575. The lowest BCUT2D eigenvalue weighted by Gasteiger charge is -2.11. The molecule has 6 heteroatoms. The van der Waals surface area contributed by atoms with Crippen LogP contribution in [0, 0.1) is 5.92 Å².